The molecule has 1 atom stereocenters. The van der Waals surface area contributed by atoms with Crippen LogP contribution in [0.25, 0.3) is 10.7 Å². The summed E-state index contributed by atoms with van der Waals surface area (Å²) in [5, 5.41) is 8.54. The Labute approximate surface area is 163 Å². The maximum Gasteiger partial charge on any atom is 0.416 e. The zero-order valence-corrected chi connectivity index (χ0v) is 15.8. The van der Waals surface area contributed by atoms with Crippen LogP contribution in [0.15, 0.2) is 46.3 Å². The van der Waals surface area contributed by atoms with E-state index >= 15 is 0 Å². The molecular formula is C19H18F3N3O2S. The third kappa shape index (κ3) is 5.19. The molecule has 5 nitrogen and oxygen atoms in total. The topological polar surface area (TPSA) is 68.0 Å². The lowest BCUT2D eigenvalue weighted by atomic mass is 10.0. The second-order valence-corrected chi connectivity index (χ2v) is 7.20. The van der Waals surface area contributed by atoms with Gasteiger partial charge >= 0.3 is 6.18 Å². The zero-order chi connectivity index (χ0) is 20.1. The molecule has 0 radical (unpaired) electrons. The van der Waals surface area contributed by atoms with E-state index in [2.05, 4.69) is 15.5 Å². The van der Waals surface area contributed by atoms with E-state index in [0.717, 1.165) is 17.0 Å². The Hall–Kier alpha value is -2.68. The van der Waals surface area contributed by atoms with Crippen molar-refractivity contribution in [3.63, 3.8) is 0 Å². The van der Waals surface area contributed by atoms with Crippen LogP contribution in [0.4, 0.5) is 13.2 Å². The number of benzene rings is 1. The summed E-state index contributed by atoms with van der Waals surface area (Å²) in [7, 11) is 0. The fourth-order valence-electron chi connectivity index (χ4n) is 2.64. The Morgan fingerprint density at radius 1 is 1.29 bits per heavy atom. The van der Waals surface area contributed by atoms with Gasteiger partial charge in [-0.15, -0.1) is 11.3 Å². The van der Waals surface area contributed by atoms with Gasteiger partial charge in [-0.1, -0.05) is 23.4 Å². The number of hydrogen-bond acceptors (Lipinski definition) is 5. The van der Waals surface area contributed by atoms with E-state index in [1.54, 1.807) is 13.0 Å². The molecule has 1 aromatic carbocycles. The van der Waals surface area contributed by atoms with Gasteiger partial charge in [0.1, 0.15) is 0 Å². The fraction of sp³-hybridized carbons (Fsp3) is 0.316. The normalized spacial score (nSPS) is 12.7. The van der Waals surface area contributed by atoms with Crippen molar-refractivity contribution in [1.82, 2.24) is 15.5 Å². The predicted molar refractivity (Wildman–Crippen MR) is 98.6 cm³/mol. The second-order valence-electron chi connectivity index (χ2n) is 6.26. The van der Waals surface area contributed by atoms with Gasteiger partial charge in [-0.3, -0.25) is 4.79 Å². The average molecular weight is 409 g/mol. The Kier molecular flexibility index (Phi) is 6.13. The minimum absolute atomic E-state index is 0.208. The molecular weight excluding hydrogens is 391 g/mol. The number of carbonyl (C=O) groups excluding carboxylic acids is 1. The largest absolute Gasteiger partial charge is 0.416 e. The molecule has 3 rings (SSSR count). The molecule has 0 saturated heterocycles. The number of nitrogens with one attached hydrogen (secondary N) is 1. The van der Waals surface area contributed by atoms with Crippen molar-refractivity contribution in [2.75, 3.05) is 0 Å². The lowest BCUT2D eigenvalue weighted by molar-refractivity contribution is -0.137. The van der Waals surface area contributed by atoms with Crippen molar-refractivity contribution < 1.29 is 22.5 Å². The van der Waals surface area contributed by atoms with Crippen LogP contribution in [0.3, 0.4) is 0 Å². The standard InChI is InChI=1S/C19H18F3N3O2S/c1-12(13-5-2-6-14(11-13)19(20,21)22)23-16(26)8-3-9-17-24-18(25-27-17)15-7-4-10-28-15/h2,4-7,10-12H,3,8-9H2,1H3,(H,23,26)/t12-/m0/s1. The Bertz CT molecular complexity index is 923. The van der Waals surface area contributed by atoms with Gasteiger partial charge in [0.25, 0.3) is 0 Å². The van der Waals surface area contributed by atoms with Crippen molar-refractivity contribution in [2.24, 2.45) is 0 Å². The fourth-order valence-corrected chi connectivity index (χ4v) is 3.29. The summed E-state index contributed by atoms with van der Waals surface area (Å²) in [4.78, 5) is 17.3. The van der Waals surface area contributed by atoms with Crippen molar-refractivity contribution in [3.8, 4) is 10.7 Å². The van der Waals surface area contributed by atoms with Crippen LogP contribution >= 0.6 is 11.3 Å². The van der Waals surface area contributed by atoms with Gasteiger partial charge in [0.15, 0.2) is 0 Å². The van der Waals surface area contributed by atoms with Crippen molar-refractivity contribution in [2.45, 2.75) is 38.4 Å². The molecule has 1 N–H and O–H groups in total. The molecule has 3 aromatic rings. The van der Waals surface area contributed by atoms with Crippen LogP contribution in [-0.4, -0.2) is 16.0 Å². The molecule has 2 aromatic heterocycles. The third-order valence-corrected chi connectivity index (χ3v) is 4.96. The zero-order valence-electron chi connectivity index (χ0n) is 15.0. The number of halogens is 3. The Balaban J connectivity index is 1.48. The highest BCUT2D eigenvalue weighted by atomic mass is 32.1. The quantitative estimate of drug-likeness (QED) is 0.595. The van der Waals surface area contributed by atoms with Crippen molar-refractivity contribution in [3.05, 3.63) is 58.8 Å². The lowest BCUT2D eigenvalue weighted by Crippen LogP contribution is -2.26. The molecule has 9 heteroatoms. The van der Waals surface area contributed by atoms with Crippen LogP contribution < -0.4 is 5.32 Å². The smallest absolute Gasteiger partial charge is 0.350 e. The van der Waals surface area contributed by atoms with Gasteiger partial charge in [-0.05, 0) is 42.5 Å². The molecule has 0 fully saturated rings. The molecule has 28 heavy (non-hydrogen) atoms. The summed E-state index contributed by atoms with van der Waals surface area (Å²) in [6.45, 7) is 1.65. The molecule has 0 aliphatic heterocycles. The van der Waals surface area contributed by atoms with Crippen LogP contribution in [0.2, 0.25) is 0 Å². The first-order valence-electron chi connectivity index (χ1n) is 8.66. The summed E-state index contributed by atoms with van der Waals surface area (Å²) in [6, 6.07) is 8.21. The predicted octanol–water partition coefficient (Wildman–Crippen LogP) is 5.02. The highest BCUT2D eigenvalue weighted by Gasteiger charge is 2.30. The van der Waals surface area contributed by atoms with Gasteiger partial charge in [-0.2, -0.15) is 18.2 Å². The maximum atomic E-state index is 12.8. The van der Waals surface area contributed by atoms with Crippen LogP contribution in [0.5, 0.6) is 0 Å². The third-order valence-electron chi connectivity index (χ3n) is 4.10. The van der Waals surface area contributed by atoms with E-state index in [1.807, 2.05) is 17.5 Å². The van der Waals surface area contributed by atoms with Gasteiger partial charge < -0.3 is 9.84 Å². The van der Waals surface area contributed by atoms with Gasteiger partial charge in [-0.25, -0.2) is 0 Å². The van der Waals surface area contributed by atoms with E-state index in [9.17, 15) is 18.0 Å². The van der Waals surface area contributed by atoms with Crippen LogP contribution in [0.1, 0.15) is 42.8 Å². The van der Waals surface area contributed by atoms with Crippen LogP contribution in [-0.2, 0) is 17.4 Å². The minimum atomic E-state index is -4.41. The number of hydrogen-bond donors (Lipinski definition) is 1. The first-order valence-corrected chi connectivity index (χ1v) is 9.54. The summed E-state index contributed by atoms with van der Waals surface area (Å²) in [6.07, 6.45) is -3.26. The Morgan fingerprint density at radius 2 is 2.11 bits per heavy atom. The van der Waals surface area contributed by atoms with Crippen molar-refractivity contribution in [1.29, 1.82) is 0 Å². The molecule has 0 bridgehead atoms. The number of carbonyl (C=O) groups is 1. The van der Waals surface area contributed by atoms with E-state index < -0.39 is 17.8 Å². The second kappa shape index (κ2) is 8.55. The van der Waals surface area contributed by atoms with Gasteiger partial charge in [0.05, 0.1) is 16.5 Å². The monoisotopic (exact) mass is 409 g/mol. The molecule has 2 heterocycles. The summed E-state index contributed by atoms with van der Waals surface area (Å²) in [5.74, 6) is 0.720. The van der Waals surface area contributed by atoms with E-state index in [0.29, 0.717) is 30.1 Å². The molecule has 0 aliphatic rings. The molecule has 0 unspecified atom stereocenters. The number of aryl methyl sites for hydroxylation is 1. The molecule has 148 valence electrons. The summed E-state index contributed by atoms with van der Waals surface area (Å²) >= 11 is 1.51. The number of aromatic nitrogens is 2. The highest BCUT2D eigenvalue weighted by Crippen LogP contribution is 2.30. The first kappa shape index (κ1) is 20.1. The molecule has 0 spiro atoms. The molecule has 0 aliphatic carbocycles. The van der Waals surface area contributed by atoms with Gasteiger partial charge in [0, 0.05) is 12.8 Å². The maximum absolute atomic E-state index is 12.8. The number of amides is 1. The van der Waals surface area contributed by atoms with Crippen LogP contribution in [0, 0.1) is 0 Å². The number of rotatable bonds is 7. The van der Waals surface area contributed by atoms with E-state index in [1.165, 1.54) is 17.4 Å². The summed E-state index contributed by atoms with van der Waals surface area (Å²) in [5.41, 5.74) is -0.329. The van der Waals surface area contributed by atoms with Gasteiger partial charge in [0.2, 0.25) is 17.6 Å². The first-order chi connectivity index (χ1) is 13.3. The van der Waals surface area contributed by atoms with E-state index in [-0.39, 0.29) is 12.3 Å². The number of alkyl halides is 3. The average Bonchev–Trinajstić information content (AvgIpc) is 3.32. The van der Waals surface area contributed by atoms with Crippen molar-refractivity contribution >= 4 is 17.2 Å². The lowest BCUT2D eigenvalue weighted by Gasteiger charge is -2.16. The molecule has 0 saturated carbocycles. The number of thiophene rings is 1. The van der Waals surface area contributed by atoms with E-state index in [4.69, 9.17) is 4.52 Å². The molecule has 1 amide bonds. The Morgan fingerprint density at radius 3 is 2.82 bits per heavy atom. The minimum Gasteiger partial charge on any atom is -0.350 e. The number of nitrogens with zero attached hydrogens (tertiary/aromatic N) is 2. The SMILES string of the molecule is C[C@H](NC(=O)CCCc1nc(-c2cccs2)no1)c1cccc(C(F)(F)F)c1. The highest BCUT2D eigenvalue weighted by molar-refractivity contribution is 7.13. The summed E-state index contributed by atoms with van der Waals surface area (Å²) < 4.78 is 43.6.